The number of hydrogen-bond acceptors (Lipinski definition) is 3. The predicted molar refractivity (Wildman–Crippen MR) is 66.6 cm³/mol. The highest BCUT2D eigenvalue weighted by Gasteiger charge is 1.92. The van der Waals surface area contributed by atoms with Crippen LogP contribution >= 0.6 is 0 Å². The molecule has 0 heterocycles. The van der Waals surface area contributed by atoms with Crippen LogP contribution in [0.25, 0.3) is 0 Å². The third kappa shape index (κ3) is 13.9. The zero-order valence-corrected chi connectivity index (χ0v) is 10.9. The first-order chi connectivity index (χ1) is 7.91. The predicted octanol–water partition coefficient (Wildman–Crippen LogP) is 2.84. The van der Waals surface area contributed by atoms with E-state index in [9.17, 15) is 0 Å². The Hall–Kier alpha value is -0.120. The molecule has 0 bridgehead atoms. The SMILES string of the molecule is CCCCOCCCC[CH]COCCOC. The Morgan fingerprint density at radius 3 is 2.44 bits per heavy atom. The monoisotopic (exact) mass is 231 g/mol. The van der Waals surface area contributed by atoms with Crippen molar-refractivity contribution in [3.05, 3.63) is 6.42 Å². The van der Waals surface area contributed by atoms with E-state index in [4.69, 9.17) is 14.2 Å². The molecule has 0 fully saturated rings. The molecule has 97 valence electrons. The van der Waals surface area contributed by atoms with Crippen molar-refractivity contribution in [2.45, 2.75) is 39.0 Å². The van der Waals surface area contributed by atoms with Crippen LogP contribution in [0.2, 0.25) is 0 Å². The topological polar surface area (TPSA) is 27.7 Å². The number of rotatable bonds is 13. The molecule has 1 radical (unpaired) electrons. The lowest BCUT2D eigenvalue weighted by Gasteiger charge is -2.04. The highest BCUT2D eigenvalue weighted by molar-refractivity contribution is 4.62. The molecule has 0 rings (SSSR count). The maximum absolute atomic E-state index is 5.47. The van der Waals surface area contributed by atoms with Gasteiger partial charge in [0.05, 0.1) is 13.2 Å². The van der Waals surface area contributed by atoms with Gasteiger partial charge in [-0.3, -0.25) is 0 Å². The van der Waals surface area contributed by atoms with Crippen LogP contribution < -0.4 is 0 Å². The molecule has 0 amide bonds. The first-order valence-corrected chi connectivity index (χ1v) is 6.38. The molecular formula is C13H27O3. The van der Waals surface area contributed by atoms with Gasteiger partial charge in [-0.1, -0.05) is 19.8 Å². The van der Waals surface area contributed by atoms with Crippen LogP contribution in [0, 0.1) is 6.42 Å². The van der Waals surface area contributed by atoms with Crippen molar-refractivity contribution in [1.29, 1.82) is 0 Å². The highest BCUT2D eigenvalue weighted by atomic mass is 16.5. The van der Waals surface area contributed by atoms with Crippen LogP contribution in [0.3, 0.4) is 0 Å². The Labute approximate surface area is 100 Å². The summed E-state index contributed by atoms with van der Waals surface area (Å²) in [6, 6.07) is 0. The Balaban J connectivity index is 2.83. The van der Waals surface area contributed by atoms with Crippen molar-refractivity contribution in [2.75, 3.05) is 40.1 Å². The fourth-order valence-corrected chi connectivity index (χ4v) is 1.23. The molecule has 0 aliphatic rings. The molecular weight excluding hydrogens is 204 g/mol. The normalized spacial score (nSPS) is 10.9. The fraction of sp³-hybridized carbons (Fsp3) is 0.923. The maximum Gasteiger partial charge on any atom is 0.0700 e. The summed E-state index contributed by atoms with van der Waals surface area (Å²) in [6.07, 6.45) is 8.04. The molecule has 0 atom stereocenters. The van der Waals surface area contributed by atoms with Crippen LogP contribution in [0.1, 0.15) is 39.0 Å². The molecule has 16 heavy (non-hydrogen) atoms. The Bertz CT molecular complexity index is 104. The Morgan fingerprint density at radius 1 is 0.875 bits per heavy atom. The van der Waals surface area contributed by atoms with Gasteiger partial charge in [0, 0.05) is 26.9 Å². The molecule has 0 saturated carbocycles. The summed E-state index contributed by atoms with van der Waals surface area (Å²) in [5.74, 6) is 0. The molecule has 3 nitrogen and oxygen atoms in total. The van der Waals surface area contributed by atoms with Crippen molar-refractivity contribution < 1.29 is 14.2 Å². The van der Waals surface area contributed by atoms with E-state index in [1.54, 1.807) is 7.11 Å². The second-order valence-corrected chi connectivity index (χ2v) is 3.82. The van der Waals surface area contributed by atoms with E-state index in [-0.39, 0.29) is 0 Å². The summed E-state index contributed by atoms with van der Waals surface area (Å²) in [5, 5.41) is 0. The zero-order valence-electron chi connectivity index (χ0n) is 10.9. The summed E-state index contributed by atoms with van der Waals surface area (Å²) in [7, 11) is 1.69. The smallest absolute Gasteiger partial charge is 0.0700 e. The number of methoxy groups -OCH3 is 1. The van der Waals surface area contributed by atoms with Gasteiger partial charge in [-0.05, 0) is 25.7 Å². The maximum atomic E-state index is 5.47. The first-order valence-electron chi connectivity index (χ1n) is 6.38. The number of ether oxygens (including phenoxy) is 3. The summed E-state index contributed by atoms with van der Waals surface area (Å²) in [6.45, 7) is 6.10. The minimum absolute atomic E-state index is 0.680. The minimum atomic E-state index is 0.680. The van der Waals surface area contributed by atoms with Gasteiger partial charge in [-0.15, -0.1) is 0 Å². The van der Waals surface area contributed by atoms with Gasteiger partial charge in [0.25, 0.3) is 0 Å². The summed E-state index contributed by atoms with van der Waals surface area (Å²) < 4.78 is 15.7. The summed E-state index contributed by atoms with van der Waals surface area (Å²) >= 11 is 0. The lowest BCUT2D eigenvalue weighted by molar-refractivity contribution is 0.0798. The van der Waals surface area contributed by atoms with Crippen LogP contribution in [0.15, 0.2) is 0 Å². The Morgan fingerprint density at radius 2 is 1.69 bits per heavy atom. The average Bonchev–Trinajstić information content (AvgIpc) is 2.31. The van der Waals surface area contributed by atoms with Crippen LogP contribution in [-0.2, 0) is 14.2 Å². The van der Waals surface area contributed by atoms with Gasteiger partial charge in [0.15, 0.2) is 0 Å². The second kappa shape index (κ2) is 14.9. The molecule has 0 aromatic rings. The minimum Gasteiger partial charge on any atom is -0.382 e. The van der Waals surface area contributed by atoms with Crippen LogP contribution in [0.4, 0.5) is 0 Å². The van der Waals surface area contributed by atoms with Crippen LogP contribution in [-0.4, -0.2) is 40.1 Å². The summed E-state index contributed by atoms with van der Waals surface area (Å²) in [5.41, 5.74) is 0. The molecule has 0 aromatic carbocycles. The lowest BCUT2D eigenvalue weighted by Crippen LogP contribution is -2.03. The van der Waals surface area contributed by atoms with E-state index in [1.165, 1.54) is 19.3 Å². The number of hydrogen-bond donors (Lipinski definition) is 0. The fourth-order valence-electron chi connectivity index (χ4n) is 1.23. The van der Waals surface area contributed by atoms with Gasteiger partial charge in [-0.25, -0.2) is 0 Å². The largest absolute Gasteiger partial charge is 0.382 e. The molecule has 0 aliphatic carbocycles. The lowest BCUT2D eigenvalue weighted by atomic mass is 10.2. The van der Waals surface area contributed by atoms with Gasteiger partial charge >= 0.3 is 0 Å². The molecule has 0 saturated heterocycles. The van der Waals surface area contributed by atoms with E-state index in [2.05, 4.69) is 13.3 Å². The van der Waals surface area contributed by atoms with Crippen molar-refractivity contribution >= 4 is 0 Å². The van der Waals surface area contributed by atoms with E-state index in [0.717, 1.165) is 32.7 Å². The van der Waals surface area contributed by atoms with E-state index in [0.29, 0.717) is 13.2 Å². The average molecular weight is 231 g/mol. The van der Waals surface area contributed by atoms with Gasteiger partial charge in [-0.2, -0.15) is 0 Å². The molecule has 0 N–H and O–H groups in total. The van der Waals surface area contributed by atoms with Crippen molar-refractivity contribution in [1.82, 2.24) is 0 Å². The molecule has 3 heteroatoms. The van der Waals surface area contributed by atoms with E-state index < -0.39 is 0 Å². The van der Waals surface area contributed by atoms with Crippen molar-refractivity contribution in [3.63, 3.8) is 0 Å². The Kier molecular flexibility index (Phi) is 14.8. The van der Waals surface area contributed by atoms with E-state index >= 15 is 0 Å². The third-order valence-corrected chi connectivity index (χ3v) is 2.26. The molecule has 0 spiro atoms. The van der Waals surface area contributed by atoms with E-state index in [1.807, 2.05) is 0 Å². The van der Waals surface area contributed by atoms with Crippen molar-refractivity contribution in [2.24, 2.45) is 0 Å². The quantitative estimate of drug-likeness (QED) is 0.456. The molecule has 0 unspecified atom stereocenters. The molecule has 0 aliphatic heterocycles. The van der Waals surface area contributed by atoms with Gasteiger partial charge in [0.1, 0.15) is 0 Å². The van der Waals surface area contributed by atoms with Gasteiger partial charge < -0.3 is 14.2 Å². The van der Waals surface area contributed by atoms with Crippen molar-refractivity contribution in [3.8, 4) is 0 Å². The molecule has 0 aromatic heterocycles. The zero-order chi connectivity index (χ0) is 11.9. The van der Waals surface area contributed by atoms with Crippen LogP contribution in [0.5, 0.6) is 0 Å². The van der Waals surface area contributed by atoms with Gasteiger partial charge in [0.2, 0.25) is 0 Å². The first kappa shape index (κ1) is 15.9. The second-order valence-electron chi connectivity index (χ2n) is 3.82. The standard InChI is InChI=1S/C13H27O3/c1-3-4-9-15-10-7-5-6-8-11-16-13-12-14-2/h8H,3-7,9-13H2,1-2H3. The number of unbranched alkanes of at least 4 members (excludes halogenated alkanes) is 4. The third-order valence-electron chi connectivity index (χ3n) is 2.26. The highest BCUT2D eigenvalue weighted by Crippen LogP contribution is 2.00. The summed E-state index contributed by atoms with van der Waals surface area (Å²) in [4.78, 5) is 0.